The standard InChI is InChI=1S/4CH5N.4CH4.I2/c4*1-2;;;;;1-2/h4*2H2,1H3;4*1H4;. The van der Waals surface area contributed by atoms with Crippen LogP contribution in [0.2, 0.25) is 0 Å². The fourth-order valence-corrected chi connectivity index (χ4v) is 0. The topological polar surface area (TPSA) is 104 Å². The average molecular weight is 442 g/mol. The van der Waals surface area contributed by atoms with Crippen molar-refractivity contribution in [1.82, 2.24) is 0 Å². The fraction of sp³-hybridized carbons (Fsp3) is 1.00. The first-order chi connectivity index (χ1) is 5.00. The molecule has 0 spiro atoms. The third-order valence-electron chi connectivity index (χ3n) is 0. The lowest BCUT2D eigenvalue weighted by atomic mass is 11.6. The first kappa shape index (κ1) is 78.8. The van der Waals surface area contributed by atoms with Crippen molar-refractivity contribution in [2.75, 3.05) is 28.2 Å². The molecule has 0 radical (unpaired) electrons. The van der Waals surface area contributed by atoms with E-state index in [9.17, 15) is 0 Å². The Labute approximate surface area is 117 Å². The molecule has 0 aliphatic carbocycles. The highest BCUT2D eigenvalue weighted by Gasteiger charge is 1.00. The molecule has 14 heavy (non-hydrogen) atoms. The van der Waals surface area contributed by atoms with Gasteiger partial charge in [0.1, 0.15) is 0 Å². The van der Waals surface area contributed by atoms with Crippen LogP contribution in [0.25, 0.3) is 0 Å². The van der Waals surface area contributed by atoms with Gasteiger partial charge in [-0.3, -0.25) is 0 Å². The lowest BCUT2D eigenvalue weighted by molar-refractivity contribution is 1.48. The Morgan fingerprint density at radius 2 is 0.429 bits per heavy atom. The third-order valence-corrected chi connectivity index (χ3v) is 0. The van der Waals surface area contributed by atoms with Gasteiger partial charge in [-0.1, -0.05) is 29.7 Å². The van der Waals surface area contributed by atoms with E-state index in [2.05, 4.69) is 60.2 Å². The van der Waals surface area contributed by atoms with Gasteiger partial charge in [-0.25, -0.2) is 0 Å². The summed E-state index contributed by atoms with van der Waals surface area (Å²) < 4.78 is 0. The van der Waals surface area contributed by atoms with Gasteiger partial charge in [-0.15, -0.1) is 0 Å². The van der Waals surface area contributed by atoms with Crippen molar-refractivity contribution >= 4 is 37.2 Å². The molecule has 0 saturated carbocycles. The van der Waals surface area contributed by atoms with Crippen molar-refractivity contribution in [2.45, 2.75) is 29.7 Å². The van der Waals surface area contributed by atoms with Crippen LogP contribution in [-0.2, 0) is 0 Å². The molecule has 0 bridgehead atoms. The molecule has 8 N–H and O–H groups in total. The van der Waals surface area contributed by atoms with Crippen LogP contribution in [0.1, 0.15) is 29.7 Å². The van der Waals surface area contributed by atoms with Crippen molar-refractivity contribution in [2.24, 2.45) is 22.9 Å². The zero-order chi connectivity index (χ0) is 10.0. The molecule has 4 nitrogen and oxygen atoms in total. The largest absolute Gasteiger partial charge is 0.333 e. The van der Waals surface area contributed by atoms with Gasteiger partial charge in [0.25, 0.3) is 0 Å². The average Bonchev–Trinajstić information content (AvgIpc) is 2.20. The van der Waals surface area contributed by atoms with Gasteiger partial charge in [0.15, 0.2) is 0 Å². The van der Waals surface area contributed by atoms with Gasteiger partial charge in [0.2, 0.25) is 0 Å². The SMILES string of the molecule is C.C.C.C.CN.CN.CN.CN.II. The Bertz CT molecular complexity index is 19.3. The zero-order valence-electron chi connectivity index (χ0n) is 7.07. The van der Waals surface area contributed by atoms with Gasteiger partial charge < -0.3 is 22.9 Å². The van der Waals surface area contributed by atoms with E-state index in [0.717, 1.165) is 0 Å². The van der Waals surface area contributed by atoms with Crippen molar-refractivity contribution in [3.63, 3.8) is 0 Å². The van der Waals surface area contributed by atoms with Crippen LogP contribution in [0.5, 0.6) is 0 Å². The van der Waals surface area contributed by atoms with E-state index in [4.69, 9.17) is 0 Å². The molecule has 0 saturated heterocycles. The number of nitrogens with two attached hydrogens (primary N) is 4. The minimum atomic E-state index is 0. The van der Waals surface area contributed by atoms with Crippen LogP contribution in [-0.4, -0.2) is 28.2 Å². The van der Waals surface area contributed by atoms with Crippen molar-refractivity contribution in [3.8, 4) is 0 Å². The van der Waals surface area contributed by atoms with Crippen LogP contribution >= 0.6 is 37.2 Å². The summed E-state index contributed by atoms with van der Waals surface area (Å²) in [5.74, 6) is 0. The summed E-state index contributed by atoms with van der Waals surface area (Å²) in [4.78, 5) is 0. The molecule has 0 aliphatic heterocycles. The van der Waals surface area contributed by atoms with Crippen LogP contribution < -0.4 is 22.9 Å². The molecular weight excluding hydrogens is 406 g/mol. The molecule has 0 rings (SSSR count). The molecule has 102 valence electrons. The summed E-state index contributed by atoms with van der Waals surface area (Å²) in [5.41, 5.74) is 18.0. The smallest absolute Gasteiger partial charge is 0 e. The predicted octanol–water partition coefficient (Wildman–Crippen LogP) is 2.62. The minimum Gasteiger partial charge on any atom is -0.333 e. The molecule has 0 aromatic rings. The second-order valence-electron chi connectivity index (χ2n) is 0. The van der Waals surface area contributed by atoms with E-state index in [-0.39, 0.29) is 29.7 Å². The molecule has 0 unspecified atom stereocenters. The van der Waals surface area contributed by atoms with Gasteiger partial charge in [-0.2, -0.15) is 0 Å². The number of hydrogen-bond acceptors (Lipinski definition) is 4. The number of rotatable bonds is 0. The Morgan fingerprint density at radius 3 is 0.429 bits per heavy atom. The summed E-state index contributed by atoms with van der Waals surface area (Å²) in [6.07, 6.45) is 0. The second-order valence-corrected chi connectivity index (χ2v) is 0. The summed E-state index contributed by atoms with van der Waals surface area (Å²) in [5, 5.41) is 0. The quantitative estimate of drug-likeness (QED) is 0.433. The monoisotopic (exact) mass is 442 g/mol. The maximum Gasteiger partial charge on any atom is 0 e. The molecule has 0 fully saturated rings. The Hall–Kier alpha value is 1.30. The first-order valence-electron chi connectivity index (χ1n) is 2.45. The first-order valence-corrected chi connectivity index (χ1v) is 8.74. The Morgan fingerprint density at radius 1 is 0.429 bits per heavy atom. The summed E-state index contributed by atoms with van der Waals surface area (Å²) in [6.45, 7) is 0. The van der Waals surface area contributed by atoms with Crippen LogP contribution in [0, 0.1) is 0 Å². The van der Waals surface area contributed by atoms with E-state index >= 15 is 0 Å². The molecule has 6 heteroatoms. The molecule has 0 aliphatic rings. The Balaban J connectivity index is -0.00000000298. The van der Waals surface area contributed by atoms with E-state index in [1.807, 2.05) is 0 Å². The third kappa shape index (κ3) is 1190. The summed E-state index contributed by atoms with van der Waals surface area (Å²) in [7, 11) is 6.00. The lowest BCUT2D eigenvalue weighted by Gasteiger charge is -1.19. The molecule has 0 aromatic carbocycles. The number of halogens is 2. The highest BCUT2D eigenvalue weighted by Crippen LogP contribution is 1.89. The van der Waals surface area contributed by atoms with Crippen molar-refractivity contribution in [1.29, 1.82) is 0 Å². The predicted molar refractivity (Wildman–Crippen MR) is 95.4 cm³/mol. The Kier molecular flexibility index (Phi) is 8430. The summed E-state index contributed by atoms with van der Waals surface area (Å²) >= 11 is 4.24. The van der Waals surface area contributed by atoms with Gasteiger partial charge in [-0.05, 0) is 28.2 Å². The lowest BCUT2D eigenvalue weighted by Crippen LogP contribution is -1.69. The van der Waals surface area contributed by atoms with E-state index in [1.165, 1.54) is 28.2 Å². The maximum atomic E-state index is 4.50. The molecule has 0 heterocycles. The molecule has 0 aromatic heterocycles. The van der Waals surface area contributed by atoms with E-state index in [1.54, 1.807) is 0 Å². The van der Waals surface area contributed by atoms with Gasteiger partial charge in [0, 0.05) is 37.2 Å². The summed E-state index contributed by atoms with van der Waals surface area (Å²) in [6, 6.07) is 0. The molecular formula is C8H36I2N4. The highest BCUT2D eigenvalue weighted by molar-refractivity contribution is 15.0. The molecule has 0 atom stereocenters. The minimum absolute atomic E-state index is 0. The van der Waals surface area contributed by atoms with Crippen LogP contribution in [0.3, 0.4) is 0 Å². The second kappa shape index (κ2) is 1500. The normalized spacial score (nSPS) is 2.14. The van der Waals surface area contributed by atoms with Gasteiger partial charge >= 0.3 is 0 Å². The van der Waals surface area contributed by atoms with Gasteiger partial charge in [0.05, 0.1) is 0 Å². The zero-order valence-corrected chi connectivity index (χ0v) is 11.4. The van der Waals surface area contributed by atoms with E-state index in [0.29, 0.717) is 0 Å². The van der Waals surface area contributed by atoms with Crippen molar-refractivity contribution < 1.29 is 0 Å². The van der Waals surface area contributed by atoms with Crippen LogP contribution in [0.15, 0.2) is 0 Å². The maximum absolute atomic E-state index is 4.50. The van der Waals surface area contributed by atoms with Crippen molar-refractivity contribution in [3.05, 3.63) is 0 Å². The number of hydrogen-bond donors (Lipinski definition) is 4. The highest BCUT2D eigenvalue weighted by atomic mass is 128. The molecule has 0 amide bonds. The fourth-order valence-electron chi connectivity index (χ4n) is 0. The van der Waals surface area contributed by atoms with Crippen LogP contribution in [0.4, 0.5) is 0 Å². The van der Waals surface area contributed by atoms with E-state index < -0.39 is 0 Å².